The molecule has 0 aromatic heterocycles. The first-order valence-corrected chi connectivity index (χ1v) is 7.88. The lowest BCUT2D eigenvalue weighted by atomic mass is 9.90. The van der Waals surface area contributed by atoms with E-state index in [-0.39, 0.29) is 16.8 Å². The topological polar surface area (TPSA) is 15.7 Å². The van der Waals surface area contributed by atoms with Gasteiger partial charge in [0.05, 0.1) is 6.61 Å². The summed E-state index contributed by atoms with van der Waals surface area (Å²) in [4.78, 5) is 5.23. The minimum Gasteiger partial charge on any atom is -0.358 e. The average molecular weight is 268 g/mol. The Morgan fingerprint density at radius 3 is 2.37 bits per heavy atom. The van der Waals surface area contributed by atoms with E-state index in [4.69, 9.17) is 4.74 Å². The maximum atomic E-state index is 6.27. The van der Waals surface area contributed by atoms with E-state index in [1.54, 1.807) is 0 Å². The fourth-order valence-corrected chi connectivity index (χ4v) is 3.64. The van der Waals surface area contributed by atoms with E-state index in [1.165, 1.54) is 25.8 Å². The van der Waals surface area contributed by atoms with Crippen LogP contribution in [0.15, 0.2) is 0 Å². The molecule has 2 rings (SSSR count). The molecule has 0 aliphatic carbocycles. The molecule has 3 nitrogen and oxygen atoms in total. The van der Waals surface area contributed by atoms with Gasteiger partial charge in [-0.3, -0.25) is 9.80 Å². The van der Waals surface area contributed by atoms with Crippen LogP contribution in [-0.4, -0.2) is 52.8 Å². The van der Waals surface area contributed by atoms with Gasteiger partial charge in [-0.2, -0.15) is 0 Å². The number of hydrogen-bond donors (Lipinski definition) is 0. The summed E-state index contributed by atoms with van der Waals surface area (Å²) in [6, 6.07) is 0. The van der Waals surface area contributed by atoms with Crippen LogP contribution in [0, 0.1) is 0 Å². The molecule has 0 bridgehead atoms. The number of rotatable bonds is 2. The molecule has 0 radical (unpaired) electrons. The molecule has 0 aromatic carbocycles. The number of nitrogens with zero attached hydrogens (tertiary/aromatic N) is 2. The van der Waals surface area contributed by atoms with E-state index < -0.39 is 0 Å². The summed E-state index contributed by atoms with van der Waals surface area (Å²) in [6.07, 6.45) is 3.62. The van der Waals surface area contributed by atoms with Crippen LogP contribution in [0.3, 0.4) is 0 Å². The second-order valence-electron chi connectivity index (χ2n) is 7.81. The molecule has 1 atom stereocenters. The molecular weight excluding hydrogens is 236 g/mol. The molecule has 0 N–H and O–H groups in total. The molecule has 112 valence electrons. The Labute approximate surface area is 119 Å². The van der Waals surface area contributed by atoms with Crippen LogP contribution in [0.4, 0.5) is 0 Å². The highest BCUT2D eigenvalue weighted by atomic mass is 16.5. The van der Waals surface area contributed by atoms with Crippen molar-refractivity contribution in [1.82, 2.24) is 9.80 Å². The minimum absolute atomic E-state index is 0.0388. The van der Waals surface area contributed by atoms with Crippen molar-refractivity contribution in [1.29, 1.82) is 0 Å². The Kier molecular flexibility index (Phi) is 4.03. The van der Waals surface area contributed by atoms with E-state index in [0.29, 0.717) is 0 Å². The SMILES string of the molecule is CCC(C)(C)N1CCCC2(C1)OCCN2C(C)(C)C. The van der Waals surface area contributed by atoms with Gasteiger partial charge < -0.3 is 4.74 Å². The average Bonchev–Trinajstić information content (AvgIpc) is 2.72. The second kappa shape index (κ2) is 5.01. The standard InChI is InChI=1S/C16H32N2O/c1-7-15(5,6)17-10-8-9-16(13-17)18(11-12-19-16)14(2,3)4/h7-13H2,1-6H3. The maximum Gasteiger partial charge on any atom is 0.135 e. The van der Waals surface area contributed by atoms with Crippen LogP contribution in [0.5, 0.6) is 0 Å². The van der Waals surface area contributed by atoms with Crippen LogP contribution in [0.2, 0.25) is 0 Å². The number of piperidine rings is 1. The van der Waals surface area contributed by atoms with Gasteiger partial charge in [-0.15, -0.1) is 0 Å². The zero-order valence-electron chi connectivity index (χ0n) is 13.8. The molecule has 2 fully saturated rings. The molecule has 2 aliphatic rings. The molecule has 3 heteroatoms. The summed E-state index contributed by atoms with van der Waals surface area (Å²) in [5.41, 5.74) is 0.432. The third-order valence-corrected chi connectivity index (χ3v) is 5.14. The Balaban J connectivity index is 2.20. The third-order valence-electron chi connectivity index (χ3n) is 5.14. The largest absolute Gasteiger partial charge is 0.358 e. The van der Waals surface area contributed by atoms with Gasteiger partial charge in [-0.1, -0.05) is 6.92 Å². The Bertz CT molecular complexity index is 321. The molecule has 2 aliphatic heterocycles. The first kappa shape index (κ1) is 15.3. The summed E-state index contributed by atoms with van der Waals surface area (Å²) in [5.74, 6) is 0. The lowest BCUT2D eigenvalue weighted by Crippen LogP contribution is -2.64. The predicted octanol–water partition coefficient (Wildman–Crippen LogP) is 3.10. The zero-order valence-corrected chi connectivity index (χ0v) is 13.8. The van der Waals surface area contributed by atoms with Crippen molar-refractivity contribution in [2.45, 2.75) is 77.6 Å². The molecule has 0 amide bonds. The fraction of sp³-hybridized carbons (Fsp3) is 1.00. The minimum atomic E-state index is -0.0388. The van der Waals surface area contributed by atoms with Crippen molar-refractivity contribution >= 4 is 0 Å². The molecule has 0 aromatic rings. The van der Waals surface area contributed by atoms with Gasteiger partial charge in [0, 0.05) is 24.2 Å². The van der Waals surface area contributed by atoms with Gasteiger partial charge in [-0.05, 0) is 60.4 Å². The van der Waals surface area contributed by atoms with E-state index in [9.17, 15) is 0 Å². The van der Waals surface area contributed by atoms with Crippen LogP contribution >= 0.6 is 0 Å². The number of hydrogen-bond acceptors (Lipinski definition) is 3. The molecule has 1 spiro atoms. The van der Waals surface area contributed by atoms with Gasteiger partial charge in [0.25, 0.3) is 0 Å². The molecule has 2 heterocycles. The Hall–Kier alpha value is -0.120. The van der Waals surface area contributed by atoms with E-state index in [1.807, 2.05) is 0 Å². The summed E-state index contributed by atoms with van der Waals surface area (Å²) in [6.45, 7) is 18.2. The van der Waals surface area contributed by atoms with Crippen molar-refractivity contribution < 1.29 is 4.74 Å². The molecule has 2 saturated heterocycles. The number of likely N-dealkylation sites (tertiary alicyclic amines) is 1. The van der Waals surface area contributed by atoms with Gasteiger partial charge in [-0.25, -0.2) is 0 Å². The van der Waals surface area contributed by atoms with Crippen molar-refractivity contribution in [3.8, 4) is 0 Å². The van der Waals surface area contributed by atoms with Gasteiger partial charge in [0.2, 0.25) is 0 Å². The molecule has 1 unspecified atom stereocenters. The van der Waals surface area contributed by atoms with Crippen molar-refractivity contribution in [2.24, 2.45) is 0 Å². The quantitative estimate of drug-likeness (QED) is 0.765. The van der Waals surface area contributed by atoms with Crippen LogP contribution in [-0.2, 0) is 4.74 Å². The van der Waals surface area contributed by atoms with Gasteiger partial charge in [0.15, 0.2) is 0 Å². The predicted molar refractivity (Wildman–Crippen MR) is 80.3 cm³/mol. The Morgan fingerprint density at radius 2 is 1.79 bits per heavy atom. The van der Waals surface area contributed by atoms with Gasteiger partial charge >= 0.3 is 0 Å². The van der Waals surface area contributed by atoms with E-state index in [0.717, 1.165) is 19.7 Å². The van der Waals surface area contributed by atoms with Crippen LogP contribution in [0.25, 0.3) is 0 Å². The summed E-state index contributed by atoms with van der Waals surface area (Å²) in [5, 5.41) is 0. The van der Waals surface area contributed by atoms with Gasteiger partial charge in [0.1, 0.15) is 5.72 Å². The first-order chi connectivity index (χ1) is 8.71. The van der Waals surface area contributed by atoms with Crippen LogP contribution in [0.1, 0.15) is 60.8 Å². The molecule has 0 saturated carbocycles. The summed E-state index contributed by atoms with van der Waals surface area (Å²) >= 11 is 0. The van der Waals surface area contributed by atoms with E-state index in [2.05, 4.69) is 51.3 Å². The lowest BCUT2D eigenvalue weighted by Gasteiger charge is -2.52. The molecule has 19 heavy (non-hydrogen) atoms. The zero-order chi connectivity index (χ0) is 14.3. The molecular formula is C16H32N2O. The normalized spacial score (nSPS) is 31.3. The van der Waals surface area contributed by atoms with Crippen molar-refractivity contribution in [2.75, 3.05) is 26.2 Å². The smallest absolute Gasteiger partial charge is 0.135 e. The summed E-state index contributed by atoms with van der Waals surface area (Å²) < 4.78 is 6.27. The highest BCUT2D eigenvalue weighted by molar-refractivity contribution is 5.00. The van der Waals surface area contributed by atoms with Crippen molar-refractivity contribution in [3.05, 3.63) is 0 Å². The maximum absolute atomic E-state index is 6.27. The fourth-order valence-electron chi connectivity index (χ4n) is 3.64. The monoisotopic (exact) mass is 268 g/mol. The summed E-state index contributed by atoms with van der Waals surface area (Å²) in [7, 11) is 0. The Morgan fingerprint density at radius 1 is 1.11 bits per heavy atom. The second-order valence-corrected chi connectivity index (χ2v) is 7.81. The first-order valence-electron chi connectivity index (χ1n) is 7.88. The van der Waals surface area contributed by atoms with Crippen molar-refractivity contribution in [3.63, 3.8) is 0 Å². The highest BCUT2D eigenvalue weighted by Crippen LogP contribution is 2.39. The third kappa shape index (κ3) is 2.84. The lowest BCUT2D eigenvalue weighted by molar-refractivity contribution is -0.163. The van der Waals surface area contributed by atoms with Crippen LogP contribution < -0.4 is 0 Å². The van der Waals surface area contributed by atoms with E-state index >= 15 is 0 Å². The number of ether oxygens (including phenoxy) is 1. The highest BCUT2D eigenvalue weighted by Gasteiger charge is 2.50.